The molecule has 1 aromatic rings. The van der Waals surface area contributed by atoms with Gasteiger partial charge in [-0.1, -0.05) is 0 Å². The lowest BCUT2D eigenvalue weighted by Gasteiger charge is -2.23. The van der Waals surface area contributed by atoms with Crippen LogP contribution in [0, 0.1) is 11.8 Å². The average Bonchev–Trinajstić information content (AvgIpc) is 3.25. The van der Waals surface area contributed by atoms with Gasteiger partial charge < -0.3 is 19.5 Å². The van der Waals surface area contributed by atoms with E-state index in [9.17, 15) is 0 Å². The van der Waals surface area contributed by atoms with Gasteiger partial charge >= 0.3 is 0 Å². The molecule has 0 aliphatic carbocycles. The van der Waals surface area contributed by atoms with Crippen LogP contribution in [0.3, 0.4) is 0 Å². The number of ether oxygens (including phenoxy) is 1. The van der Waals surface area contributed by atoms with Gasteiger partial charge in [0.25, 0.3) is 0 Å². The van der Waals surface area contributed by atoms with E-state index in [1.165, 1.54) is 12.8 Å². The number of likely N-dealkylation sites (tertiary alicyclic amines) is 1. The van der Waals surface area contributed by atoms with Crippen LogP contribution in [0.15, 0.2) is 23.7 Å². The van der Waals surface area contributed by atoms with Crippen LogP contribution in [0.25, 0.3) is 0 Å². The third kappa shape index (κ3) is 2.31. The largest absolute Gasteiger partial charge is 0.374 e. The zero-order valence-electron chi connectivity index (χ0n) is 12.5. The van der Waals surface area contributed by atoms with E-state index in [1.54, 1.807) is 0 Å². The summed E-state index contributed by atoms with van der Waals surface area (Å²) >= 11 is 0. The van der Waals surface area contributed by atoms with Crippen molar-refractivity contribution in [2.24, 2.45) is 16.8 Å². The lowest BCUT2D eigenvalue weighted by atomic mass is 9.82. The van der Waals surface area contributed by atoms with Gasteiger partial charge in [-0.05, 0) is 12.8 Å². The van der Waals surface area contributed by atoms with Gasteiger partial charge in [0, 0.05) is 57.5 Å². The van der Waals surface area contributed by atoms with Crippen molar-refractivity contribution in [3.8, 4) is 0 Å². The molecule has 1 N–H and O–H groups in total. The number of imidazole rings is 1. The first-order chi connectivity index (χ1) is 10.3. The van der Waals surface area contributed by atoms with E-state index >= 15 is 0 Å². The number of aliphatic imine (C=N–C) groups is 1. The van der Waals surface area contributed by atoms with Crippen molar-refractivity contribution in [2.45, 2.75) is 31.6 Å². The quantitative estimate of drug-likeness (QED) is 0.653. The Kier molecular flexibility index (Phi) is 3.33. The number of nitrogens with zero attached hydrogens (tertiary/aromatic N) is 4. The molecule has 0 saturated carbocycles. The van der Waals surface area contributed by atoms with Gasteiger partial charge in [0.1, 0.15) is 0 Å². The Morgan fingerprint density at radius 2 is 2.10 bits per heavy atom. The summed E-state index contributed by atoms with van der Waals surface area (Å²) in [5.41, 5.74) is 0. The van der Waals surface area contributed by atoms with Crippen molar-refractivity contribution in [3.05, 3.63) is 18.7 Å². The molecule has 4 atom stereocenters. The Bertz CT molecular complexity index is 496. The summed E-state index contributed by atoms with van der Waals surface area (Å²) in [6.07, 6.45) is 9.17. The van der Waals surface area contributed by atoms with Gasteiger partial charge in [0.05, 0.1) is 18.5 Å². The van der Waals surface area contributed by atoms with Crippen LogP contribution in [0.4, 0.5) is 0 Å². The molecule has 1 aromatic heterocycles. The third-order valence-corrected chi connectivity index (χ3v) is 5.18. The van der Waals surface area contributed by atoms with Crippen LogP contribution in [-0.4, -0.2) is 59.3 Å². The molecule has 4 unspecified atom stereocenters. The smallest absolute Gasteiger partial charge is 0.193 e. The highest BCUT2D eigenvalue weighted by molar-refractivity contribution is 5.80. The molecule has 6 heteroatoms. The first-order valence-corrected chi connectivity index (χ1v) is 7.92. The topological polar surface area (TPSA) is 54.7 Å². The average molecular weight is 289 g/mol. The number of rotatable bonds is 3. The second kappa shape index (κ2) is 5.33. The second-order valence-electron chi connectivity index (χ2n) is 6.30. The summed E-state index contributed by atoms with van der Waals surface area (Å²) in [5, 5.41) is 3.48. The standard InChI is InChI=1S/C15H23N5O/c1-16-15(18-5-7-19-6-4-17-10-19)20-8-11-12(9-20)14-3-2-13(11)21-14/h4,6,10-14H,2-3,5,7-9H2,1H3,(H,16,18). The van der Waals surface area contributed by atoms with E-state index in [2.05, 4.69) is 24.8 Å². The van der Waals surface area contributed by atoms with E-state index in [1.807, 2.05) is 25.8 Å². The molecule has 0 spiro atoms. The normalized spacial score (nSPS) is 34.5. The Morgan fingerprint density at radius 3 is 2.71 bits per heavy atom. The van der Waals surface area contributed by atoms with Gasteiger partial charge in [-0.2, -0.15) is 0 Å². The number of guanidine groups is 1. The van der Waals surface area contributed by atoms with Crippen molar-refractivity contribution in [3.63, 3.8) is 0 Å². The van der Waals surface area contributed by atoms with E-state index in [4.69, 9.17) is 4.74 Å². The molecule has 2 bridgehead atoms. The summed E-state index contributed by atoms with van der Waals surface area (Å²) in [7, 11) is 1.87. The SMILES string of the molecule is CN=C(NCCn1ccnc1)N1CC2C3CCC(O3)C2C1. The summed E-state index contributed by atoms with van der Waals surface area (Å²) < 4.78 is 8.11. The molecule has 21 heavy (non-hydrogen) atoms. The minimum Gasteiger partial charge on any atom is -0.374 e. The van der Waals surface area contributed by atoms with Crippen LogP contribution < -0.4 is 5.32 Å². The predicted molar refractivity (Wildman–Crippen MR) is 80.0 cm³/mol. The van der Waals surface area contributed by atoms with Crippen molar-refractivity contribution in [1.82, 2.24) is 19.8 Å². The Morgan fingerprint density at radius 1 is 1.33 bits per heavy atom. The molecule has 3 fully saturated rings. The lowest BCUT2D eigenvalue weighted by Crippen LogP contribution is -2.42. The molecule has 114 valence electrons. The first-order valence-electron chi connectivity index (χ1n) is 7.92. The molecular formula is C15H23N5O. The van der Waals surface area contributed by atoms with E-state index < -0.39 is 0 Å². The van der Waals surface area contributed by atoms with Gasteiger partial charge in [0.15, 0.2) is 5.96 Å². The van der Waals surface area contributed by atoms with E-state index in [0.717, 1.165) is 44.0 Å². The van der Waals surface area contributed by atoms with Crippen molar-refractivity contribution in [1.29, 1.82) is 0 Å². The zero-order chi connectivity index (χ0) is 14.2. The van der Waals surface area contributed by atoms with Gasteiger partial charge in [-0.15, -0.1) is 0 Å². The Balaban J connectivity index is 1.32. The highest BCUT2D eigenvalue weighted by atomic mass is 16.5. The molecular weight excluding hydrogens is 266 g/mol. The fraction of sp³-hybridized carbons (Fsp3) is 0.733. The summed E-state index contributed by atoms with van der Waals surface area (Å²) in [4.78, 5) is 10.9. The van der Waals surface area contributed by atoms with Crippen molar-refractivity contribution in [2.75, 3.05) is 26.7 Å². The Labute approximate surface area is 125 Å². The van der Waals surface area contributed by atoms with Crippen LogP contribution in [-0.2, 0) is 11.3 Å². The van der Waals surface area contributed by atoms with Gasteiger partial charge in [-0.25, -0.2) is 4.98 Å². The lowest BCUT2D eigenvalue weighted by molar-refractivity contribution is 0.0767. The molecule has 0 radical (unpaired) electrons. The van der Waals surface area contributed by atoms with Crippen LogP contribution in [0.2, 0.25) is 0 Å². The summed E-state index contributed by atoms with van der Waals surface area (Å²) in [6.45, 7) is 3.97. The zero-order valence-corrected chi connectivity index (χ0v) is 12.5. The number of nitrogens with one attached hydrogen (secondary N) is 1. The fourth-order valence-corrected chi connectivity index (χ4v) is 4.18. The molecule has 4 heterocycles. The van der Waals surface area contributed by atoms with Gasteiger partial charge in [0.2, 0.25) is 0 Å². The maximum Gasteiger partial charge on any atom is 0.193 e. The summed E-state index contributed by atoms with van der Waals surface area (Å²) in [5.74, 6) is 2.47. The van der Waals surface area contributed by atoms with Crippen molar-refractivity contribution < 1.29 is 4.74 Å². The van der Waals surface area contributed by atoms with Crippen LogP contribution in [0.1, 0.15) is 12.8 Å². The number of hydrogen-bond acceptors (Lipinski definition) is 3. The maximum atomic E-state index is 6.03. The summed E-state index contributed by atoms with van der Waals surface area (Å²) in [6, 6.07) is 0. The number of aromatic nitrogens is 2. The molecule has 3 aliphatic heterocycles. The molecule has 3 saturated heterocycles. The molecule has 6 nitrogen and oxygen atoms in total. The molecule has 3 aliphatic rings. The van der Waals surface area contributed by atoms with Crippen molar-refractivity contribution >= 4 is 5.96 Å². The molecule has 0 amide bonds. The minimum atomic E-state index is 0.508. The second-order valence-corrected chi connectivity index (χ2v) is 6.30. The first kappa shape index (κ1) is 13.1. The number of hydrogen-bond donors (Lipinski definition) is 1. The van der Waals surface area contributed by atoms with E-state index in [0.29, 0.717) is 12.2 Å². The minimum absolute atomic E-state index is 0.508. The predicted octanol–water partition coefficient (Wildman–Crippen LogP) is 0.568. The third-order valence-electron chi connectivity index (χ3n) is 5.18. The van der Waals surface area contributed by atoms with E-state index in [-0.39, 0.29) is 0 Å². The molecule has 4 rings (SSSR count). The monoisotopic (exact) mass is 289 g/mol. The maximum absolute atomic E-state index is 6.03. The molecule has 0 aromatic carbocycles. The highest BCUT2D eigenvalue weighted by Gasteiger charge is 2.53. The fourth-order valence-electron chi connectivity index (χ4n) is 4.18. The Hall–Kier alpha value is -1.56. The van der Waals surface area contributed by atoms with Gasteiger partial charge in [-0.3, -0.25) is 4.99 Å². The number of fused-ring (bicyclic) bond motifs is 5. The van der Waals surface area contributed by atoms with Crippen LogP contribution in [0.5, 0.6) is 0 Å². The highest BCUT2D eigenvalue weighted by Crippen LogP contribution is 2.47. The van der Waals surface area contributed by atoms with Crippen LogP contribution >= 0.6 is 0 Å².